The highest BCUT2D eigenvalue weighted by Crippen LogP contribution is 2.20. The van der Waals surface area contributed by atoms with E-state index in [4.69, 9.17) is 0 Å². The Morgan fingerprint density at radius 3 is 2.67 bits per heavy atom. The van der Waals surface area contributed by atoms with Gasteiger partial charge in [-0.15, -0.1) is 24.8 Å². The SMILES string of the molecule is Cc1ccc(NC(=O)C2CCNC2)c(CN(C)C)c1.Cl.Cl. The fourth-order valence-corrected chi connectivity index (χ4v) is 2.43. The Balaban J connectivity index is 0.00000200. The molecule has 1 saturated heterocycles. The highest BCUT2D eigenvalue weighted by molar-refractivity contribution is 5.93. The van der Waals surface area contributed by atoms with Crippen molar-refractivity contribution in [1.29, 1.82) is 0 Å². The minimum Gasteiger partial charge on any atom is -0.326 e. The van der Waals surface area contributed by atoms with Crippen LogP contribution in [0.4, 0.5) is 5.69 Å². The third-order valence-electron chi connectivity index (χ3n) is 3.44. The maximum Gasteiger partial charge on any atom is 0.228 e. The van der Waals surface area contributed by atoms with Crippen molar-refractivity contribution in [3.63, 3.8) is 0 Å². The van der Waals surface area contributed by atoms with Crippen LogP contribution in [0.1, 0.15) is 17.5 Å². The van der Waals surface area contributed by atoms with Crippen LogP contribution in [-0.2, 0) is 11.3 Å². The summed E-state index contributed by atoms with van der Waals surface area (Å²) in [7, 11) is 4.07. The molecule has 2 N–H and O–H groups in total. The van der Waals surface area contributed by atoms with Crippen LogP contribution in [0.3, 0.4) is 0 Å². The molecule has 0 saturated carbocycles. The predicted octanol–water partition coefficient (Wildman–Crippen LogP) is 2.45. The van der Waals surface area contributed by atoms with E-state index in [1.165, 1.54) is 11.1 Å². The Bertz CT molecular complexity index is 460. The molecule has 1 atom stereocenters. The number of hydrogen-bond acceptors (Lipinski definition) is 3. The van der Waals surface area contributed by atoms with Crippen molar-refractivity contribution in [2.75, 3.05) is 32.5 Å². The third kappa shape index (κ3) is 5.83. The van der Waals surface area contributed by atoms with E-state index >= 15 is 0 Å². The molecular weight excluding hydrogens is 309 g/mol. The molecule has 0 bridgehead atoms. The van der Waals surface area contributed by atoms with E-state index in [0.29, 0.717) is 0 Å². The number of nitrogens with one attached hydrogen (secondary N) is 2. The van der Waals surface area contributed by atoms with E-state index in [1.54, 1.807) is 0 Å². The van der Waals surface area contributed by atoms with Crippen LogP contribution in [0.25, 0.3) is 0 Å². The molecule has 1 aromatic rings. The first-order valence-electron chi connectivity index (χ1n) is 6.82. The number of benzene rings is 1. The summed E-state index contributed by atoms with van der Waals surface area (Å²) >= 11 is 0. The van der Waals surface area contributed by atoms with E-state index in [-0.39, 0.29) is 36.6 Å². The minimum absolute atomic E-state index is 0. The highest BCUT2D eigenvalue weighted by atomic mass is 35.5. The van der Waals surface area contributed by atoms with Gasteiger partial charge in [-0.3, -0.25) is 4.79 Å². The number of nitrogens with zero attached hydrogens (tertiary/aromatic N) is 1. The fraction of sp³-hybridized carbons (Fsp3) is 0.533. The molecule has 0 aromatic heterocycles. The van der Waals surface area contributed by atoms with E-state index in [9.17, 15) is 4.79 Å². The standard InChI is InChI=1S/C15H23N3O.2ClH/c1-11-4-5-14(13(8-11)10-18(2)3)17-15(19)12-6-7-16-9-12;;/h4-5,8,12,16H,6-7,9-10H2,1-3H3,(H,17,19);2*1H. The van der Waals surface area contributed by atoms with Crippen LogP contribution in [-0.4, -0.2) is 38.0 Å². The minimum atomic E-state index is 0. The number of amides is 1. The first-order chi connectivity index (χ1) is 9.06. The summed E-state index contributed by atoms with van der Waals surface area (Å²) in [6, 6.07) is 6.19. The Morgan fingerprint density at radius 1 is 1.38 bits per heavy atom. The molecule has 0 radical (unpaired) electrons. The molecule has 0 aliphatic carbocycles. The molecule has 120 valence electrons. The molecule has 0 spiro atoms. The molecular formula is C15H25Cl2N3O. The van der Waals surface area contributed by atoms with E-state index < -0.39 is 0 Å². The lowest BCUT2D eigenvalue weighted by Gasteiger charge is -2.17. The second-order valence-electron chi connectivity index (χ2n) is 5.58. The molecule has 4 nitrogen and oxygen atoms in total. The molecule has 1 unspecified atom stereocenters. The number of carbonyl (C=O) groups excluding carboxylic acids is 1. The Morgan fingerprint density at radius 2 is 2.10 bits per heavy atom. The van der Waals surface area contributed by atoms with Gasteiger partial charge in [-0.25, -0.2) is 0 Å². The van der Waals surface area contributed by atoms with Gasteiger partial charge in [0.05, 0.1) is 5.92 Å². The van der Waals surface area contributed by atoms with Crippen molar-refractivity contribution in [2.45, 2.75) is 19.9 Å². The van der Waals surface area contributed by atoms with Gasteiger partial charge in [0.15, 0.2) is 0 Å². The van der Waals surface area contributed by atoms with Gasteiger partial charge in [0.1, 0.15) is 0 Å². The second kappa shape index (κ2) is 9.26. The zero-order valence-electron chi connectivity index (χ0n) is 12.8. The number of hydrogen-bond donors (Lipinski definition) is 2. The molecule has 1 aromatic carbocycles. The van der Waals surface area contributed by atoms with E-state index in [0.717, 1.165) is 31.7 Å². The van der Waals surface area contributed by atoms with Crippen LogP contribution in [0.5, 0.6) is 0 Å². The lowest BCUT2D eigenvalue weighted by Crippen LogP contribution is -2.25. The summed E-state index contributed by atoms with van der Waals surface area (Å²) in [4.78, 5) is 14.3. The molecule has 2 rings (SSSR count). The number of halogens is 2. The maximum absolute atomic E-state index is 12.2. The number of rotatable bonds is 4. The van der Waals surface area contributed by atoms with Gasteiger partial charge < -0.3 is 15.5 Å². The average Bonchev–Trinajstić information content (AvgIpc) is 2.85. The molecule has 1 heterocycles. The molecule has 1 aliphatic heterocycles. The van der Waals surface area contributed by atoms with Crippen LogP contribution >= 0.6 is 24.8 Å². The van der Waals surface area contributed by atoms with Gasteiger partial charge in [-0.05, 0) is 45.6 Å². The van der Waals surface area contributed by atoms with E-state index in [1.807, 2.05) is 26.2 Å². The predicted molar refractivity (Wildman–Crippen MR) is 92.7 cm³/mol. The van der Waals surface area contributed by atoms with Gasteiger partial charge in [0, 0.05) is 18.8 Å². The summed E-state index contributed by atoms with van der Waals surface area (Å²) in [5, 5.41) is 6.31. The molecule has 1 fully saturated rings. The van der Waals surface area contributed by atoms with Gasteiger partial charge in [-0.2, -0.15) is 0 Å². The summed E-state index contributed by atoms with van der Waals surface area (Å²) in [6.45, 7) is 4.64. The largest absolute Gasteiger partial charge is 0.326 e. The maximum atomic E-state index is 12.2. The van der Waals surface area contributed by atoms with Crippen molar-refractivity contribution in [1.82, 2.24) is 10.2 Å². The Kier molecular flexibility index (Phi) is 8.90. The van der Waals surface area contributed by atoms with Crippen molar-refractivity contribution in [3.05, 3.63) is 29.3 Å². The van der Waals surface area contributed by atoms with Crippen molar-refractivity contribution < 1.29 is 4.79 Å². The average molecular weight is 334 g/mol. The van der Waals surface area contributed by atoms with E-state index in [2.05, 4.69) is 28.5 Å². The van der Waals surface area contributed by atoms with Gasteiger partial charge in [0.2, 0.25) is 5.91 Å². The lowest BCUT2D eigenvalue weighted by atomic mass is 10.1. The highest BCUT2D eigenvalue weighted by Gasteiger charge is 2.22. The molecule has 1 amide bonds. The number of anilines is 1. The van der Waals surface area contributed by atoms with Gasteiger partial charge in [0.25, 0.3) is 0 Å². The van der Waals surface area contributed by atoms with Crippen LogP contribution < -0.4 is 10.6 Å². The summed E-state index contributed by atoms with van der Waals surface area (Å²) in [5.41, 5.74) is 3.33. The van der Waals surface area contributed by atoms with Crippen molar-refractivity contribution in [3.8, 4) is 0 Å². The monoisotopic (exact) mass is 333 g/mol. The fourth-order valence-electron chi connectivity index (χ4n) is 2.43. The van der Waals surface area contributed by atoms with Crippen molar-refractivity contribution in [2.24, 2.45) is 5.92 Å². The first-order valence-corrected chi connectivity index (χ1v) is 6.82. The van der Waals surface area contributed by atoms with Crippen molar-refractivity contribution >= 4 is 36.4 Å². The van der Waals surface area contributed by atoms with Crippen LogP contribution in [0.2, 0.25) is 0 Å². The smallest absolute Gasteiger partial charge is 0.228 e. The summed E-state index contributed by atoms with van der Waals surface area (Å²) in [5.74, 6) is 0.238. The third-order valence-corrected chi connectivity index (χ3v) is 3.44. The van der Waals surface area contributed by atoms with Crippen LogP contribution in [0.15, 0.2) is 18.2 Å². The Hall–Kier alpha value is -0.810. The first kappa shape index (κ1) is 20.2. The topological polar surface area (TPSA) is 44.4 Å². The van der Waals surface area contributed by atoms with Gasteiger partial charge >= 0.3 is 0 Å². The molecule has 21 heavy (non-hydrogen) atoms. The summed E-state index contributed by atoms with van der Waals surface area (Å²) < 4.78 is 0. The summed E-state index contributed by atoms with van der Waals surface area (Å²) in [6.07, 6.45) is 0.931. The number of aryl methyl sites for hydroxylation is 1. The second-order valence-corrected chi connectivity index (χ2v) is 5.58. The Labute approximate surface area is 139 Å². The zero-order valence-corrected chi connectivity index (χ0v) is 14.4. The quantitative estimate of drug-likeness (QED) is 0.889. The molecule has 6 heteroatoms. The number of carbonyl (C=O) groups is 1. The van der Waals surface area contributed by atoms with Crippen LogP contribution in [0, 0.1) is 12.8 Å². The zero-order chi connectivity index (χ0) is 13.8. The van der Waals surface area contributed by atoms with Gasteiger partial charge in [-0.1, -0.05) is 17.7 Å². The normalized spacial score (nSPS) is 17.0. The molecule has 1 aliphatic rings. The lowest BCUT2D eigenvalue weighted by molar-refractivity contribution is -0.119.